The number of aryl methyl sites for hydroxylation is 1. The Balaban J connectivity index is 2.48. The number of nitrogens with two attached hydrogens (primary N) is 1. The quantitative estimate of drug-likeness (QED) is 0.817. The van der Waals surface area contributed by atoms with Crippen molar-refractivity contribution in [3.05, 3.63) is 35.1 Å². The molecule has 1 saturated carbocycles. The number of aliphatic carboxylic acids is 1. The monoisotopic (exact) mass is 223 g/mol. The Morgan fingerprint density at radius 2 is 2.19 bits per heavy atom. The average Bonchev–Trinajstić information content (AvgIpc) is 2.97. The molecule has 1 fully saturated rings. The van der Waals surface area contributed by atoms with E-state index in [2.05, 4.69) is 0 Å². The predicted molar refractivity (Wildman–Crippen MR) is 57.7 cm³/mol. The third-order valence-electron chi connectivity index (χ3n) is 3.37. The number of rotatable bonds is 3. The van der Waals surface area contributed by atoms with Crippen molar-refractivity contribution in [2.75, 3.05) is 0 Å². The first-order valence-corrected chi connectivity index (χ1v) is 5.23. The van der Waals surface area contributed by atoms with Crippen LogP contribution in [0.4, 0.5) is 4.39 Å². The van der Waals surface area contributed by atoms with Crippen molar-refractivity contribution >= 4 is 5.97 Å². The van der Waals surface area contributed by atoms with Crippen molar-refractivity contribution in [3.63, 3.8) is 0 Å². The molecule has 0 bridgehead atoms. The number of hydrogen-bond donors (Lipinski definition) is 2. The second-order valence-corrected chi connectivity index (χ2v) is 4.40. The fraction of sp³-hybridized carbons (Fsp3) is 0.417. The van der Waals surface area contributed by atoms with E-state index in [1.54, 1.807) is 19.1 Å². The summed E-state index contributed by atoms with van der Waals surface area (Å²) in [7, 11) is 0. The molecule has 1 unspecified atom stereocenters. The zero-order valence-electron chi connectivity index (χ0n) is 9.03. The number of carboxylic acid groups (broad SMARTS) is 1. The normalized spacial score (nSPS) is 19.2. The van der Waals surface area contributed by atoms with Crippen molar-refractivity contribution in [1.29, 1.82) is 0 Å². The van der Waals surface area contributed by atoms with Gasteiger partial charge in [0.05, 0.1) is 0 Å². The minimum absolute atomic E-state index is 0.353. The summed E-state index contributed by atoms with van der Waals surface area (Å²) >= 11 is 0. The van der Waals surface area contributed by atoms with Crippen LogP contribution in [0, 0.1) is 12.7 Å². The van der Waals surface area contributed by atoms with E-state index in [0.717, 1.165) is 5.56 Å². The van der Waals surface area contributed by atoms with Crippen LogP contribution in [0.5, 0.6) is 0 Å². The molecular formula is C12H14FNO2. The lowest BCUT2D eigenvalue weighted by molar-refractivity contribution is -0.139. The van der Waals surface area contributed by atoms with Gasteiger partial charge in [-0.25, -0.2) is 4.39 Å². The van der Waals surface area contributed by atoms with Crippen molar-refractivity contribution in [2.45, 2.75) is 31.2 Å². The van der Waals surface area contributed by atoms with Gasteiger partial charge in [-0.15, -0.1) is 0 Å². The van der Waals surface area contributed by atoms with Crippen LogP contribution in [0.1, 0.15) is 24.0 Å². The molecule has 1 aliphatic carbocycles. The number of halogens is 1. The molecule has 0 heterocycles. The maximum atomic E-state index is 13.8. The van der Waals surface area contributed by atoms with E-state index in [1.807, 2.05) is 0 Å². The molecule has 1 aliphatic rings. The number of benzene rings is 1. The van der Waals surface area contributed by atoms with Gasteiger partial charge in [0.1, 0.15) is 11.9 Å². The summed E-state index contributed by atoms with van der Waals surface area (Å²) < 4.78 is 13.8. The van der Waals surface area contributed by atoms with Crippen LogP contribution in [-0.2, 0) is 10.2 Å². The topological polar surface area (TPSA) is 63.3 Å². The summed E-state index contributed by atoms with van der Waals surface area (Å²) in [5.41, 5.74) is 6.22. The third kappa shape index (κ3) is 1.50. The molecule has 3 nitrogen and oxygen atoms in total. The van der Waals surface area contributed by atoms with Crippen molar-refractivity contribution in [3.8, 4) is 0 Å². The van der Waals surface area contributed by atoms with Crippen molar-refractivity contribution in [2.24, 2.45) is 5.73 Å². The molecule has 16 heavy (non-hydrogen) atoms. The van der Waals surface area contributed by atoms with Crippen LogP contribution in [0.25, 0.3) is 0 Å². The molecule has 0 radical (unpaired) electrons. The largest absolute Gasteiger partial charge is 0.480 e. The molecule has 2 rings (SSSR count). The average molecular weight is 223 g/mol. The van der Waals surface area contributed by atoms with E-state index in [9.17, 15) is 9.18 Å². The van der Waals surface area contributed by atoms with E-state index in [-0.39, 0.29) is 5.82 Å². The number of carboxylic acids is 1. The maximum absolute atomic E-state index is 13.8. The number of hydrogen-bond acceptors (Lipinski definition) is 2. The Morgan fingerprint density at radius 1 is 1.56 bits per heavy atom. The van der Waals surface area contributed by atoms with Gasteiger partial charge in [-0.2, -0.15) is 0 Å². The van der Waals surface area contributed by atoms with E-state index in [4.69, 9.17) is 10.8 Å². The lowest BCUT2D eigenvalue weighted by atomic mass is 9.85. The van der Waals surface area contributed by atoms with Crippen molar-refractivity contribution < 1.29 is 14.3 Å². The van der Waals surface area contributed by atoms with Crippen LogP contribution in [0.3, 0.4) is 0 Å². The van der Waals surface area contributed by atoms with E-state index in [1.165, 1.54) is 6.07 Å². The molecule has 4 heteroatoms. The third-order valence-corrected chi connectivity index (χ3v) is 3.37. The zero-order chi connectivity index (χ0) is 11.9. The highest BCUT2D eigenvalue weighted by Crippen LogP contribution is 2.52. The molecule has 0 saturated heterocycles. The van der Waals surface area contributed by atoms with Gasteiger partial charge in [0.15, 0.2) is 0 Å². The molecule has 1 aromatic carbocycles. The van der Waals surface area contributed by atoms with E-state index < -0.39 is 17.4 Å². The van der Waals surface area contributed by atoms with Crippen molar-refractivity contribution in [1.82, 2.24) is 0 Å². The Hall–Kier alpha value is -1.42. The van der Waals surface area contributed by atoms with Crippen LogP contribution < -0.4 is 5.73 Å². The first-order chi connectivity index (χ1) is 7.49. The maximum Gasteiger partial charge on any atom is 0.321 e. The number of carbonyl (C=O) groups is 1. The lowest BCUT2D eigenvalue weighted by Gasteiger charge is -2.22. The van der Waals surface area contributed by atoms with Gasteiger partial charge in [0.2, 0.25) is 0 Å². The summed E-state index contributed by atoms with van der Waals surface area (Å²) in [6.07, 6.45) is 1.28. The molecular weight excluding hydrogens is 209 g/mol. The highest BCUT2D eigenvalue weighted by molar-refractivity contribution is 5.77. The molecule has 86 valence electrons. The van der Waals surface area contributed by atoms with E-state index >= 15 is 0 Å². The molecule has 1 atom stereocenters. The summed E-state index contributed by atoms with van der Waals surface area (Å²) in [6.45, 7) is 1.78. The zero-order valence-corrected chi connectivity index (χ0v) is 9.03. The fourth-order valence-corrected chi connectivity index (χ4v) is 2.35. The molecule has 0 amide bonds. The molecule has 0 spiro atoms. The Bertz CT molecular complexity index is 420. The van der Waals surface area contributed by atoms with Gasteiger partial charge in [0, 0.05) is 5.41 Å². The highest BCUT2D eigenvalue weighted by atomic mass is 19.1. The molecule has 3 N–H and O–H groups in total. The second kappa shape index (κ2) is 3.56. The summed E-state index contributed by atoms with van der Waals surface area (Å²) in [6, 6.07) is 3.74. The highest BCUT2D eigenvalue weighted by Gasteiger charge is 2.54. The van der Waals surface area contributed by atoms with Crippen LogP contribution in [-0.4, -0.2) is 17.1 Å². The summed E-state index contributed by atoms with van der Waals surface area (Å²) in [5, 5.41) is 8.95. The van der Waals surface area contributed by atoms with Crippen LogP contribution in [0.15, 0.2) is 18.2 Å². The second-order valence-electron chi connectivity index (χ2n) is 4.40. The Labute approximate surface area is 93.1 Å². The summed E-state index contributed by atoms with van der Waals surface area (Å²) in [4.78, 5) is 10.9. The first-order valence-electron chi connectivity index (χ1n) is 5.23. The molecule has 1 aromatic rings. The Kier molecular flexibility index (Phi) is 2.46. The minimum atomic E-state index is -1.07. The Morgan fingerprint density at radius 3 is 2.62 bits per heavy atom. The molecule has 0 aliphatic heterocycles. The van der Waals surface area contributed by atoms with Gasteiger partial charge in [0.25, 0.3) is 0 Å². The lowest BCUT2D eigenvalue weighted by Crippen LogP contribution is -2.42. The van der Waals surface area contributed by atoms with Gasteiger partial charge in [-0.1, -0.05) is 12.1 Å². The summed E-state index contributed by atoms with van der Waals surface area (Å²) in [5.74, 6) is -1.42. The standard InChI is InChI=1S/C12H14FNO2/c1-7-3-2-4-8(13)9(7)12(5-6-12)10(14)11(15)16/h2-4,10H,5-6,14H2,1H3,(H,15,16). The van der Waals surface area contributed by atoms with Gasteiger partial charge in [-0.3, -0.25) is 4.79 Å². The fourth-order valence-electron chi connectivity index (χ4n) is 2.35. The molecule has 0 aromatic heterocycles. The van der Waals surface area contributed by atoms with Gasteiger partial charge < -0.3 is 10.8 Å². The van der Waals surface area contributed by atoms with Crippen LogP contribution >= 0.6 is 0 Å². The smallest absolute Gasteiger partial charge is 0.321 e. The van der Waals surface area contributed by atoms with Crippen LogP contribution in [0.2, 0.25) is 0 Å². The predicted octanol–water partition coefficient (Wildman–Crippen LogP) is 1.58. The van der Waals surface area contributed by atoms with E-state index in [0.29, 0.717) is 18.4 Å². The van der Waals surface area contributed by atoms with Gasteiger partial charge >= 0.3 is 5.97 Å². The SMILES string of the molecule is Cc1cccc(F)c1C1(C(N)C(=O)O)CC1. The van der Waals surface area contributed by atoms with Gasteiger partial charge in [-0.05, 0) is 37.0 Å². The first kappa shape index (κ1) is 11.1. The minimum Gasteiger partial charge on any atom is -0.480 e.